The van der Waals surface area contributed by atoms with Gasteiger partial charge in [-0.05, 0) is 41.8 Å². The Labute approximate surface area is 209 Å². The van der Waals surface area contributed by atoms with E-state index < -0.39 is 6.09 Å². The summed E-state index contributed by atoms with van der Waals surface area (Å²) in [4.78, 5) is 27.0. The van der Waals surface area contributed by atoms with Crippen molar-refractivity contribution in [2.24, 2.45) is 5.10 Å². The van der Waals surface area contributed by atoms with Gasteiger partial charge >= 0.3 is 11.3 Å². The number of carbonyl (C=O) groups excluding carboxylic acids is 2. The molecule has 35 heavy (non-hydrogen) atoms. The third-order valence-electron chi connectivity index (χ3n) is 5.70. The highest BCUT2D eigenvalue weighted by Crippen LogP contribution is 2.23. The van der Waals surface area contributed by atoms with Gasteiger partial charge in [-0.25, -0.2) is 9.80 Å². The summed E-state index contributed by atoms with van der Waals surface area (Å²) in [6.45, 7) is 5.61. The smallest absolute Gasteiger partial charge is 0.411 e. The van der Waals surface area contributed by atoms with Crippen molar-refractivity contribution in [2.75, 3.05) is 50.4 Å². The molecule has 2 aromatic rings. The summed E-state index contributed by atoms with van der Waals surface area (Å²) in [5.74, 6) is 0.476. The third-order valence-corrected chi connectivity index (χ3v) is 6.57. The van der Waals surface area contributed by atoms with Crippen LogP contribution in [0.3, 0.4) is 0 Å². The molecule has 1 saturated heterocycles. The Morgan fingerprint density at radius 3 is 2.77 bits per heavy atom. The van der Waals surface area contributed by atoms with Crippen LogP contribution in [0.1, 0.15) is 23.1 Å². The lowest BCUT2D eigenvalue weighted by molar-refractivity contribution is 0.149. The zero-order valence-electron chi connectivity index (χ0n) is 19.4. The summed E-state index contributed by atoms with van der Waals surface area (Å²) in [7, 11) is 0. The van der Waals surface area contributed by atoms with Gasteiger partial charge in [0.2, 0.25) is 0 Å². The summed E-state index contributed by atoms with van der Waals surface area (Å²) in [5, 5.41) is 20.9. The minimum atomic E-state index is -0.492. The van der Waals surface area contributed by atoms with Gasteiger partial charge in [-0.3, -0.25) is 10.1 Å². The van der Waals surface area contributed by atoms with E-state index in [0.29, 0.717) is 23.6 Å². The monoisotopic (exact) mass is 492 g/mol. The number of nitriles is 1. The molecular weight excluding hydrogens is 464 g/mol. The number of thioether (sulfide) groups is 1. The maximum Gasteiger partial charge on any atom is 0.411 e. The van der Waals surface area contributed by atoms with E-state index in [4.69, 9.17) is 10.00 Å². The van der Waals surface area contributed by atoms with Crippen LogP contribution < -0.4 is 10.6 Å². The Bertz CT molecular complexity index is 1110. The number of anilines is 1. The lowest BCUT2D eigenvalue weighted by atomic mass is 10.1. The van der Waals surface area contributed by atoms with E-state index >= 15 is 0 Å². The first kappa shape index (κ1) is 24.7. The van der Waals surface area contributed by atoms with Gasteiger partial charge in [0.1, 0.15) is 0 Å². The van der Waals surface area contributed by atoms with Gasteiger partial charge < -0.3 is 15.0 Å². The molecule has 10 heteroatoms. The third kappa shape index (κ3) is 7.29. The fraction of sp³-hybridized carbons (Fsp3) is 0.360. The number of nitrogens with zero attached hydrogens (tertiary/aromatic N) is 4. The van der Waals surface area contributed by atoms with E-state index in [-0.39, 0.29) is 11.8 Å². The van der Waals surface area contributed by atoms with Gasteiger partial charge in [-0.2, -0.15) is 10.4 Å². The van der Waals surface area contributed by atoms with E-state index in [1.54, 1.807) is 18.2 Å². The van der Waals surface area contributed by atoms with Crippen molar-refractivity contribution in [2.45, 2.75) is 13.0 Å². The molecule has 2 amide bonds. The fourth-order valence-corrected chi connectivity index (χ4v) is 4.60. The first-order valence-corrected chi connectivity index (χ1v) is 12.6. The number of hydrogen-bond acceptors (Lipinski definition) is 8. The largest absolute Gasteiger partial charge is 0.449 e. The predicted octanol–water partition coefficient (Wildman–Crippen LogP) is 3.48. The molecule has 1 fully saturated rings. The minimum Gasteiger partial charge on any atom is -0.449 e. The number of hydrazone groups is 1. The van der Waals surface area contributed by atoms with Gasteiger partial charge in [0.25, 0.3) is 0 Å². The Morgan fingerprint density at radius 1 is 1.20 bits per heavy atom. The average molecular weight is 493 g/mol. The van der Waals surface area contributed by atoms with Crippen molar-refractivity contribution < 1.29 is 14.3 Å². The Morgan fingerprint density at radius 2 is 2.00 bits per heavy atom. The van der Waals surface area contributed by atoms with E-state index in [1.165, 1.54) is 16.8 Å². The number of nitrogens with one attached hydrogen (secondary N) is 2. The normalized spacial score (nSPS) is 16.4. The number of ether oxygens (including phenoxy) is 1. The molecule has 0 saturated carbocycles. The van der Waals surface area contributed by atoms with Gasteiger partial charge in [0.15, 0.2) is 0 Å². The van der Waals surface area contributed by atoms with Gasteiger partial charge in [-0.1, -0.05) is 36.0 Å². The van der Waals surface area contributed by atoms with Crippen molar-refractivity contribution in [1.29, 1.82) is 5.26 Å². The molecule has 4 rings (SSSR count). The van der Waals surface area contributed by atoms with Crippen LogP contribution in [-0.4, -0.2) is 72.0 Å². The Kier molecular flexibility index (Phi) is 8.73. The molecule has 0 unspecified atom stereocenters. The minimum absolute atomic E-state index is 0.135. The first-order valence-electron chi connectivity index (χ1n) is 11.6. The van der Waals surface area contributed by atoms with Crippen LogP contribution in [0.4, 0.5) is 15.3 Å². The number of amides is 2. The molecule has 2 aliphatic rings. The Balaban J connectivity index is 1.30. The molecule has 2 aromatic carbocycles. The van der Waals surface area contributed by atoms with Crippen molar-refractivity contribution in [3.63, 3.8) is 0 Å². The van der Waals surface area contributed by atoms with Crippen molar-refractivity contribution >= 4 is 34.5 Å². The lowest BCUT2D eigenvalue weighted by Crippen LogP contribution is -2.43. The first-order chi connectivity index (χ1) is 17.1. The van der Waals surface area contributed by atoms with Crippen molar-refractivity contribution in [1.82, 2.24) is 15.2 Å². The van der Waals surface area contributed by atoms with Crippen molar-refractivity contribution in [3.8, 4) is 6.07 Å². The molecule has 0 radical (unpaired) electrons. The zero-order valence-corrected chi connectivity index (χ0v) is 20.2. The van der Waals surface area contributed by atoms with E-state index in [0.717, 1.165) is 56.0 Å². The molecule has 2 heterocycles. The van der Waals surface area contributed by atoms with Crippen LogP contribution in [0.2, 0.25) is 0 Å². The standard InChI is InChI=1S/C25H28N6O3S/c26-16-19-5-7-21(8-6-19)23-18-35-25(33)31(29-23)17-20-3-1-4-22(15-20)28-24(32)34-14-2-11-30-12-9-27-10-13-30/h1,3-8,15,27H,2,9-14,17-18H2,(H,28,32). The molecule has 182 valence electrons. The highest BCUT2D eigenvalue weighted by molar-refractivity contribution is 8.14. The van der Waals surface area contributed by atoms with Gasteiger partial charge in [0.05, 0.1) is 30.5 Å². The topological polar surface area (TPSA) is 110 Å². The van der Waals surface area contributed by atoms with Gasteiger partial charge in [-0.15, -0.1) is 0 Å². The summed E-state index contributed by atoms with van der Waals surface area (Å²) >= 11 is 1.19. The summed E-state index contributed by atoms with van der Waals surface area (Å²) in [5.41, 5.74) is 3.67. The van der Waals surface area contributed by atoms with Crippen LogP contribution in [0.5, 0.6) is 0 Å². The number of benzene rings is 2. The molecule has 0 bridgehead atoms. The maximum atomic E-state index is 12.4. The number of piperazine rings is 1. The van der Waals surface area contributed by atoms with Gasteiger partial charge in [0, 0.05) is 44.2 Å². The summed E-state index contributed by atoms with van der Waals surface area (Å²) in [6, 6.07) is 16.6. The molecular formula is C25H28N6O3S. The molecule has 0 spiro atoms. The van der Waals surface area contributed by atoms with E-state index in [2.05, 4.69) is 26.7 Å². The van der Waals surface area contributed by atoms with Crippen LogP contribution >= 0.6 is 11.8 Å². The van der Waals surface area contributed by atoms with E-state index in [9.17, 15) is 9.59 Å². The maximum absolute atomic E-state index is 12.4. The number of rotatable bonds is 8. The summed E-state index contributed by atoms with van der Waals surface area (Å²) in [6.07, 6.45) is 0.301. The van der Waals surface area contributed by atoms with Crippen LogP contribution in [-0.2, 0) is 11.3 Å². The summed E-state index contributed by atoms with van der Waals surface area (Å²) < 4.78 is 5.32. The quantitative estimate of drug-likeness (QED) is 0.543. The second-order valence-corrected chi connectivity index (χ2v) is 9.18. The highest BCUT2D eigenvalue weighted by atomic mass is 32.2. The SMILES string of the molecule is N#Cc1ccc(C2=NN(Cc3cccc(NC(=O)OCCCN4CCNCC4)c3)C(=O)SC2)cc1. The molecule has 0 atom stereocenters. The number of carbonyl (C=O) groups is 2. The molecule has 0 aromatic heterocycles. The predicted molar refractivity (Wildman–Crippen MR) is 136 cm³/mol. The number of hydrogen-bond donors (Lipinski definition) is 2. The molecule has 0 aliphatic carbocycles. The fourth-order valence-electron chi connectivity index (χ4n) is 3.86. The van der Waals surface area contributed by atoms with Crippen LogP contribution in [0.15, 0.2) is 53.6 Å². The average Bonchev–Trinajstić information content (AvgIpc) is 2.89. The molecule has 9 nitrogen and oxygen atoms in total. The van der Waals surface area contributed by atoms with Crippen LogP contribution in [0.25, 0.3) is 0 Å². The van der Waals surface area contributed by atoms with Crippen molar-refractivity contribution in [3.05, 3.63) is 65.2 Å². The Hall–Kier alpha value is -3.39. The van der Waals surface area contributed by atoms with Crippen LogP contribution in [0, 0.1) is 11.3 Å². The molecule has 2 N–H and O–H groups in total. The second-order valence-electron chi connectivity index (χ2n) is 8.25. The zero-order chi connectivity index (χ0) is 24.5. The van der Waals surface area contributed by atoms with E-state index in [1.807, 2.05) is 30.3 Å². The highest BCUT2D eigenvalue weighted by Gasteiger charge is 2.22. The second kappa shape index (κ2) is 12.4. The molecule has 2 aliphatic heterocycles. The lowest BCUT2D eigenvalue weighted by Gasteiger charge is -2.26.